The number of likely N-dealkylation sites (tertiary alicyclic amines) is 3. The maximum atomic E-state index is 14.1. The molecule has 10 heteroatoms. The zero-order chi connectivity index (χ0) is 33.1. The van der Waals surface area contributed by atoms with Gasteiger partial charge in [-0.25, -0.2) is 4.79 Å². The molecule has 0 radical (unpaired) electrons. The van der Waals surface area contributed by atoms with E-state index in [9.17, 15) is 14.4 Å². The highest BCUT2D eigenvalue weighted by Gasteiger charge is 2.36. The van der Waals surface area contributed by atoms with Gasteiger partial charge in [-0.15, -0.1) is 6.42 Å². The van der Waals surface area contributed by atoms with Gasteiger partial charge in [0.25, 0.3) is 0 Å². The van der Waals surface area contributed by atoms with E-state index in [0.717, 1.165) is 61.8 Å². The molecule has 0 bridgehead atoms. The van der Waals surface area contributed by atoms with Crippen LogP contribution in [0.25, 0.3) is 0 Å². The molecule has 2 aromatic carbocycles. The number of carbonyl (C=O) groups is 3. The van der Waals surface area contributed by atoms with Crippen LogP contribution in [0.4, 0.5) is 16.2 Å². The number of fused-ring (bicyclic) bond motifs is 1. The summed E-state index contributed by atoms with van der Waals surface area (Å²) >= 11 is 6.43. The first kappa shape index (κ1) is 33.2. The summed E-state index contributed by atoms with van der Waals surface area (Å²) in [6, 6.07) is 11.4. The average molecular weight is 659 g/mol. The highest BCUT2D eigenvalue weighted by Crippen LogP contribution is 2.34. The van der Waals surface area contributed by atoms with Crippen molar-refractivity contribution >= 4 is 40.8 Å². The zero-order valence-corrected chi connectivity index (χ0v) is 28.2. The Morgan fingerprint density at radius 3 is 2.30 bits per heavy atom. The van der Waals surface area contributed by atoms with Crippen molar-refractivity contribution in [1.29, 1.82) is 0 Å². The van der Waals surface area contributed by atoms with Crippen LogP contribution in [0.3, 0.4) is 0 Å². The number of carbonyl (C=O) groups excluding carboxylic acids is 3. The molecule has 2 aromatic rings. The fourth-order valence-electron chi connectivity index (χ4n) is 8.08. The monoisotopic (exact) mass is 658 g/mol. The van der Waals surface area contributed by atoms with Gasteiger partial charge in [-0.1, -0.05) is 35.7 Å². The summed E-state index contributed by atoms with van der Waals surface area (Å²) in [7, 11) is 2.19. The lowest BCUT2D eigenvalue weighted by Crippen LogP contribution is -2.51. The van der Waals surface area contributed by atoms with Crippen LogP contribution in [0.15, 0.2) is 36.4 Å². The Morgan fingerprint density at radius 2 is 1.62 bits per heavy atom. The number of amides is 4. The third kappa shape index (κ3) is 7.55. The smallest absolute Gasteiger partial charge is 0.322 e. The second-order valence-electron chi connectivity index (χ2n) is 13.9. The molecule has 4 aliphatic rings. The first-order valence-corrected chi connectivity index (χ1v) is 17.5. The van der Waals surface area contributed by atoms with Gasteiger partial charge < -0.3 is 30.7 Å². The van der Waals surface area contributed by atoms with Crippen molar-refractivity contribution in [2.45, 2.75) is 64.0 Å². The standard InChI is InChI=1S/C37H47ClN6O3/c1-3-26-20-25(22-32(38)35(26)39)21-30(36(46)43-16-10-28(11-17-43)27-8-14-41(2)15-9-27)23-34(45)42-18-12-31(13-19-42)44-24-29-6-4-5-7-33(29)40-37(44)47/h1,4-7,20,22,27-28,30-31H,8-19,21,23-24,39H2,2H3,(H,40,47)/t30-/m0/s1. The lowest BCUT2D eigenvalue weighted by Gasteiger charge is -2.41. The summed E-state index contributed by atoms with van der Waals surface area (Å²) in [5.41, 5.74) is 9.69. The quantitative estimate of drug-likeness (QED) is 0.320. The second-order valence-corrected chi connectivity index (χ2v) is 14.3. The molecule has 0 unspecified atom stereocenters. The molecule has 9 nitrogen and oxygen atoms in total. The molecular weight excluding hydrogens is 612 g/mol. The number of nitrogen functional groups attached to an aromatic ring is 1. The van der Waals surface area contributed by atoms with Gasteiger partial charge in [-0.3, -0.25) is 9.59 Å². The van der Waals surface area contributed by atoms with Crippen LogP contribution in [0.5, 0.6) is 0 Å². The molecule has 3 saturated heterocycles. The number of hydrogen-bond donors (Lipinski definition) is 2. The van der Waals surface area contributed by atoms with Crippen LogP contribution in [0.1, 0.15) is 61.6 Å². The minimum absolute atomic E-state index is 0.0221. The average Bonchev–Trinajstić information content (AvgIpc) is 3.09. The highest BCUT2D eigenvalue weighted by atomic mass is 35.5. The van der Waals surface area contributed by atoms with Crippen LogP contribution < -0.4 is 11.1 Å². The molecule has 0 aliphatic carbocycles. The normalized spacial score (nSPS) is 20.8. The van der Waals surface area contributed by atoms with E-state index in [1.165, 1.54) is 12.8 Å². The summed E-state index contributed by atoms with van der Waals surface area (Å²) < 4.78 is 0. The Bertz CT molecular complexity index is 1520. The van der Waals surface area contributed by atoms with Gasteiger partial charge in [-0.05, 0) is 106 Å². The van der Waals surface area contributed by atoms with Gasteiger partial charge in [0.05, 0.1) is 16.6 Å². The Balaban J connectivity index is 1.10. The molecule has 250 valence electrons. The van der Waals surface area contributed by atoms with Crippen molar-refractivity contribution in [3.05, 3.63) is 58.1 Å². The number of piperidine rings is 3. The molecule has 4 heterocycles. The largest absolute Gasteiger partial charge is 0.397 e. The highest BCUT2D eigenvalue weighted by molar-refractivity contribution is 6.33. The van der Waals surface area contributed by atoms with Crippen molar-refractivity contribution in [2.24, 2.45) is 17.8 Å². The van der Waals surface area contributed by atoms with E-state index in [2.05, 4.69) is 23.2 Å². The van der Waals surface area contributed by atoms with Gasteiger partial charge in [0.2, 0.25) is 11.8 Å². The number of para-hydroxylation sites is 1. The van der Waals surface area contributed by atoms with Gasteiger partial charge >= 0.3 is 6.03 Å². The van der Waals surface area contributed by atoms with Crippen molar-refractivity contribution in [2.75, 3.05) is 57.4 Å². The van der Waals surface area contributed by atoms with E-state index in [1.54, 1.807) is 6.07 Å². The minimum atomic E-state index is -0.533. The van der Waals surface area contributed by atoms with Crippen LogP contribution in [-0.2, 0) is 22.6 Å². The number of benzene rings is 2. The number of nitrogens with two attached hydrogens (primary N) is 1. The summed E-state index contributed by atoms with van der Waals surface area (Å²) in [4.78, 5) is 49.0. The molecule has 3 N–H and O–H groups in total. The summed E-state index contributed by atoms with van der Waals surface area (Å²) in [6.45, 7) is 5.41. The second kappa shape index (κ2) is 14.6. The first-order valence-electron chi connectivity index (χ1n) is 17.1. The Morgan fingerprint density at radius 1 is 0.979 bits per heavy atom. The molecule has 6 rings (SSSR count). The molecule has 47 heavy (non-hydrogen) atoms. The molecule has 0 spiro atoms. The number of terminal acetylenes is 1. The first-order chi connectivity index (χ1) is 22.7. The van der Waals surface area contributed by atoms with E-state index in [1.807, 2.05) is 45.0 Å². The molecule has 1 atom stereocenters. The van der Waals surface area contributed by atoms with Crippen molar-refractivity contribution in [1.82, 2.24) is 19.6 Å². The third-order valence-corrected chi connectivity index (χ3v) is 11.3. The number of halogens is 1. The third-order valence-electron chi connectivity index (χ3n) is 11.0. The van der Waals surface area contributed by atoms with Crippen LogP contribution in [0, 0.1) is 30.1 Å². The van der Waals surface area contributed by atoms with Crippen molar-refractivity contribution in [3.8, 4) is 12.3 Å². The van der Waals surface area contributed by atoms with Crippen molar-refractivity contribution in [3.63, 3.8) is 0 Å². The number of hydrogen-bond acceptors (Lipinski definition) is 5. The van der Waals surface area contributed by atoms with E-state index >= 15 is 0 Å². The zero-order valence-electron chi connectivity index (χ0n) is 27.4. The number of nitrogens with one attached hydrogen (secondary N) is 1. The van der Waals surface area contributed by atoms with Crippen LogP contribution >= 0.6 is 11.6 Å². The van der Waals surface area contributed by atoms with Gasteiger partial charge in [0.15, 0.2) is 0 Å². The lowest BCUT2D eigenvalue weighted by molar-refractivity contribution is -0.143. The predicted molar refractivity (Wildman–Crippen MR) is 186 cm³/mol. The molecule has 0 aromatic heterocycles. The fourth-order valence-corrected chi connectivity index (χ4v) is 8.32. The van der Waals surface area contributed by atoms with Gasteiger partial charge in [0.1, 0.15) is 0 Å². The Hall–Kier alpha value is -3.74. The minimum Gasteiger partial charge on any atom is -0.397 e. The number of nitrogens with zero attached hydrogens (tertiary/aromatic N) is 4. The molecule has 3 fully saturated rings. The maximum absolute atomic E-state index is 14.1. The van der Waals surface area contributed by atoms with Gasteiger partial charge in [-0.2, -0.15) is 0 Å². The summed E-state index contributed by atoms with van der Waals surface area (Å²) in [6.07, 6.45) is 12.1. The van der Waals surface area contributed by atoms with Crippen molar-refractivity contribution < 1.29 is 14.4 Å². The number of anilines is 2. The molecule has 4 amide bonds. The van der Waals surface area contributed by atoms with E-state index in [4.69, 9.17) is 23.8 Å². The molecule has 4 aliphatic heterocycles. The topological polar surface area (TPSA) is 102 Å². The van der Waals surface area contributed by atoms with Crippen LogP contribution in [0.2, 0.25) is 5.02 Å². The summed E-state index contributed by atoms with van der Waals surface area (Å²) in [5, 5.41) is 3.37. The Labute approximate surface area is 283 Å². The lowest BCUT2D eigenvalue weighted by atomic mass is 9.78. The fraction of sp³-hybridized carbons (Fsp3) is 0.541. The van der Waals surface area contributed by atoms with E-state index < -0.39 is 5.92 Å². The number of urea groups is 1. The number of rotatable bonds is 7. The Kier molecular flexibility index (Phi) is 10.3. The van der Waals surface area contributed by atoms with Crippen LogP contribution in [-0.4, -0.2) is 89.8 Å². The van der Waals surface area contributed by atoms with E-state index in [-0.39, 0.29) is 30.3 Å². The predicted octanol–water partition coefficient (Wildman–Crippen LogP) is 5.07. The summed E-state index contributed by atoms with van der Waals surface area (Å²) in [5.74, 6) is 3.44. The van der Waals surface area contributed by atoms with E-state index in [0.29, 0.717) is 61.1 Å². The SMILES string of the molecule is C#Cc1cc(C[C@@H](CC(=O)N2CCC(N3Cc4ccccc4NC3=O)CC2)C(=O)N2CCC(C3CCN(C)CC3)CC2)cc(Cl)c1N. The van der Waals surface area contributed by atoms with Gasteiger partial charge in [0, 0.05) is 56.4 Å². The molecule has 0 saturated carbocycles. The molecular formula is C37H47ClN6O3. The maximum Gasteiger partial charge on any atom is 0.322 e.